The standard InChI is InChI=1S/C20H19ClN2O2/c1-25-18-9-4-6-15(12-18)19(23-10-2-3-11-23)14-20(24)22-17-8-5-7-16(21)13-17/h2-13,19H,14H2,1H3,(H,22,24). The Kier molecular flexibility index (Phi) is 5.41. The van der Waals surface area contributed by atoms with E-state index in [-0.39, 0.29) is 11.9 Å². The first-order valence-electron chi connectivity index (χ1n) is 7.97. The van der Waals surface area contributed by atoms with Gasteiger partial charge in [-0.05, 0) is 48.0 Å². The van der Waals surface area contributed by atoms with Gasteiger partial charge in [0.05, 0.1) is 19.6 Å². The third kappa shape index (κ3) is 4.43. The van der Waals surface area contributed by atoms with Gasteiger partial charge >= 0.3 is 0 Å². The zero-order valence-corrected chi connectivity index (χ0v) is 14.6. The van der Waals surface area contributed by atoms with Crippen molar-refractivity contribution in [1.82, 2.24) is 4.57 Å². The average Bonchev–Trinajstić information content (AvgIpc) is 3.14. The van der Waals surface area contributed by atoms with Gasteiger partial charge in [-0.2, -0.15) is 0 Å². The summed E-state index contributed by atoms with van der Waals surface area (Å²) in [6.07, 6.45) is 4.21. The van der Waals surface area contributed by atoms with Crippen LogP contribution in [0.15, 0.2) is 73.1 Å². The van der Waals surface area contributed by atoms with Crippen molar-refractivity contribution in [2.24, 2.45) is 0 Å². The molecular formula is C20H19ClN2O2. The maximum absolute atomic E-state index is 12.6. The Balaban J connectivity index is 1.81. The number of hydrogen-bond donors (Lipinski definition) is 1. The van der Waals surface area contributed by atoms with Gasteiger partial charge in [0.25, 0.3) is 0 Å². The van der Waals surface area contributed by atoms with E-state index in [2.05, 4.69) is 5.32 Å². The lowest BCUT2D eigenvalue weighted by Crippen LogP contribution is -2.19. The SMILES string of the molecule is COc1cccc(C(CC(=O)Nc2cccc(Cl)c2)n2cccc2)c1. The monoisotopic (exact) mass is 354 g/mol. The summed E-state index contributed by atoms with van der Waals surface area (Å²) in [7, 11) is 1.63. The second-order valence-electron chi connectivity index (χ2n) is 5.69. The number of benzene rings is 2. The van der Waals surface area contributed by atoms with E-state index in [0.29, 0.717) is 17.1 Å². The Labute approximate surface area is 152 Å². The molecule has 25 heavy (non-hydrogen) atoms. The number of methoxy groups -OCH3 is 1. The molecule has 3 rings (SSSR count). The maximum atomic E-state index is 12.6. The minimum Gasteiger partial charge on any atom is -0.497 e. The van der Waals surface area contributed by atoms with Crippen molar-refractivity contribution < 1.29 is 9.53 Å². The molecule has 1 unspecified atom stereocenters. The van der Waals surface area contributed by atoms with Crippen molar-refractivity contribution in [3.05, 3.63) is 83.6 Å². The van der Waals surface area contributed by atoms with Gasteiger partial charge in [0.1, 0.15) is 5.75 Å². The van der Waals surface area contributed by atoms with Crippen LogP contribution in [0.5, 0.6) is 5.75 Å². The number of amides is 1. The van der Waals surface area contributed by atoms with Crippen LogP contribution >= 0.6 is 11.6 Å². The van der Waals surface area contributed by atoms with Gasteiger partial charge < -0.3 is 14.6 Å². The molecule has 1 aromatic heterocycles. The summed E-state index contributed by atoms with van der Waals surface area (Å²) >= 11 is 5.98. The van der Waals surface area contributed by atoms with E-state index < -0.39 is 0 Å². The molecule has 1 N–H and O–H groups in total. The van der Waals surface area contributed by atoms with Crippen LogP contribution in [0.1, 0.15) is 18.0 Å². The number of nitrogens with one attached hydrogen (secondary N) is 1. The first kappa shape index (κ1) is 17.1. The second kappa shape index (κ2) is 7.90. The van der Waals surface area contributed by atoms with E-state index in [0.717, 1.165) is 11.3 Å². The van der Waals surface area contributed by atoms with Crippen LogP contribution in [0.3, 0.4) is 0 Å². The lowest BCUT2D eigenvalue weighted by atomic mass is 10.0. The fourth-order valence-electron chi connectivity index (χ4n) is 2.75. The van der Waals surface area contributed by atoms with Gasteiger partial charge in [-0.15, -0.1) is 0 Å². The van der Waals surface area contributed by atoms with Gasteiger partial charge in [0.15, 0.2) is 0 Å². The van der Waals surface area contributed by atoms with Crippen LogP contribution < -0.4 is 10.1 Å². The van der Waals surface area contributed by atoms with Crippen LogP contribution in [0.25, 0.3) is 0 Å². The summed E-state index contributed by atoms with van der Waals surface area (Å²) in [6, 6.07) is 18.7. The molecule has 0 aliphatic rings. The Morgan fingerprint density at radius 1 is 1.12 bits per heavy atom. The quantitative estimate of drug-likeness (QED) is 0.693. The molecule has 0 fully saturated rings. The lowest BCUT2D eigenvalue weighted by Gasteiger charge is -2.20. The van der Waals surface area contributed by atoms with Crippen molar-refractivity contribution in [3.8, 4) is 5.75 Å². The largest absolute Gasteiger partial charge is 0.497 e. The molecule has 0 bridgehead atoms. The van der Waals surface area contributed by atoms with Gasteiger partial charge in [-0.1, -0.05) is 29.8 Å². The minimum absolute atomic E-state index is 0.0798. The Morgan fingerprint density at radius 3 is 2.60 bits per heavy atom. The maximum Gasteiger partial charge on any atom is 0.226 e. The number of aromatic nitrogens is 1. The van der Waals surface area contributed by atoms with Crippen LogP contribution in [0, 0.1) is 0 Å². The molecule has 0 radical (unpaired) electrons. The number of anilines is 1. The molecule has 0 saturated heterocycles. The highest BCUT2D eigenvalue weighted by molar-refractivity contribution is 6.30. The molecule has 0 aliphatic carbocycles. The van der Waals surface area contributed by atoms with E-state index in [1.54, 1.807) is 19.2 Å². The molecule has 1 amide bonds. The summed E-state index contributed by atoms with van der Waals surface area (Å²) in [4.78, 5) is 12.6. The molecule has 2 aromatic carbocycles. The molecule has 3 aromatic rings. The van der Waals surface area contributed by atoms with Gasteiger partial charge in [-0.25, -0.2) is 0 Å². The molecule has 128 valence electrons. The average molecular weight is 355 g/mol. The van der Waals surface area contributed by atoms with E-state index in [4.69, 9.17) is 16.3 Å². The summed E-state index contributed by atoms with van der Waals surface area (Å²) in [5.74, 6) is 0.689. The normalized spacial score (nSPS) is 11.8. The molecule has 1 heterocycles. The number of halogens is 1. The van der Waals surface area contributed by atoms with Crippen molar-refractivity contribution >= 4 is 23.2 Å². The first-order valence-corrected chi connectivity index (χ1v) is 8.35. The third-order valence-corrected chi connectivity index (χ3v) is 4.19. The lowest BCUT2D eigenvalue weighted by molar-refractivity contribution is -0.116. The van der Waals surface area contributed by atoms with Crippen LogP contribution in [-0.2, 0) is 4.79 Å². The fourth-order valence-corrected chi connectivity index (χ4v) is 2.94. The van der Waals surface area contributed by atoms with E-state index in [1.807, 2.05) is 65.5 Å². The topological polar surface area (TPSA) is 43.3 Å². The Hall–Kier alpha value is -2.72. The molecule has 4 nitrogen and oxygen atoms in total. The number of rotatable bonds is 6. The predicted octanol–water partition coefficient (Wildman–Crippen LogP) is 4.77. The van der Waals surface area contributed by atoms with Crippen molar-refractivity contribution in [2.75, 3.05) is 12.4 Å². The number of hydrogen-bond acceptors (Lipinski definition) is 2. The number of ether oxygens (including phenoxy) is 1. The first-order chi connectivity index (χ1) is 12.2. The number of carbonyl (C=O) groups excluding carboxylic acids is 1. The van der Waals surface area contributed by atoms with Crippen LogP contribution in [-0.4, -0.2) is 17.6 Å². The van der Waals surface area contributed by atoms with Gasteiger partial charge in [0, 0.05) is 23.1 Å². The molecule has 1 atom stereocenters. The third-order valence-electron chi connectivity index (χ3n) is 3.95. The molecule has 0 aliphatic heterocycles. The highest BCUT2D eigenvalue weighted by Gasteiger charge is 2.18. The van der Waals surface area contributed by atoms with E-state index >= 15 is 0 Å². The minimum atomic E-state index is -0.121. The molecule has 0 saturated carbocycles. The van der Waals surface area contributed by atoms with E-state index in [1.165, 1.54) is 0 Å². The molecular weight excluding hydrogens is 336 g/mol. The number of carbonyl (C=O) groups is 1. The van der Waals surface area contributed by atoms with Crippen molar-refractivity contribution in [1.29, 1.82) is 0 Å². The summed E-state index contributed by atoms with van der Waals surface area (Å²) in [5, 5.41) is 3.50. The number of nitrogens with zero attached hydrogens (tertiary/aromatic N) is 1. The van der Waals surface area contributed by atoms with Gasteiger partial charge in [-0.3, -0.25) is 4.79 Å². The second-order valence-corrected chi connectivity index (χ2v) is 6.12. The smallest absolute Gasteiger partial charge is 0.226 e. The summed E-state index contributed by atoms with van der Waals surface area (Å²) in [6.45, 7) is 0. The van der Waals surface area contributed by atoms with Crippen molar-refractivity contribution in [3.63, 3.8) is 0 Å². The molecule has 0 spiro atoms. The van der Waals surface area contributed by atoms with E-state index in [9.17, 15) is 4.79 Å². The van der Waals surface area contributed by atoms with Crippen LogP contribution in [0.2, 0.25) is 5.02 Å². The van der Waals surface area contributed by atoms with Crippen LogP contribution in [0.4, 0.5) is 5.69 Å². The summed E-state index contributed by atoms with van der Waals surface area (Å²) in [5.41, 5.74) is 1.70. The zero-order valence-electron chi connectivity index (χ0n) is 13.9. The van der Waals surface area contributed by atoms with Crippen molar-refractivity contribution in [2.45, 2.75) is 12.5 Å². The van der Waals surface area contributed by atoms with Gasteiger partial charge in [0.2, 0.25) is 5.91 Å². The molecule has 5 heteroatoms. The summed E-state index contributed by atoms with van der Waals surface area (Å²) < 4.78 is 7.33. The predicted molar refractivity (Wildman–Crippen MR) is 100 cm³/mol. The zero-order chi connectivity index (χ0) is 17.6. The highest BCUT2D eigenvalue weighted by atomic mass is 35.5. The highest BCUT2D eigenvalue weighted by Crippen LogP contribution is 2.26. The fraction of sp³-hybridized carbons (Fsp3) is 0.150. The Morgan fingerprint density at radius 2 is 1.88 bits per heavy atom. The Bertz CT molecular complexity index is 846.